The van der Waals surface area contributed by atoms with E-state index in [1.807, 2.05) is 0 Å². The molecule has 0 spiro atoms. The van der Waals surface area contributed by atoms with E-state index in [2.05, 4.69) is 54.1 Å². The normalized spacial score (nSPS) is 16.0. The second-order valence-corrected chi connectivity index (χ2v) is 10.9. The summed E-state index contributed by atoms with van der Waals surface area (Å²) >= 11 is 0. The Balaban J connectivity index is 4.44. The van der Waals surface area contributed by atoms with E-state index in [0.29, 0.717) is 10.1 Å². The minimum absolute atomic E-state index is 0.455. The van der Waals surface area contributed by atoms with Gasteiger partial charge < -0.3 is 0 Å². The van der Waals surface area contributed by atoms with Gasteiger partial charge >= 0.3 is 0 Å². The number of rotatable bonds is 1. The van der Waals surface area contributed by atoms with E-state index >= 15 is 0 Å². The van der Waals surface area contributed by atoms with Crippen LogP contribution in [0.3, 0.4) is 0 Å². The molecule has 0 bridgehead atoms. The molecule has 12 heavy (non-hydrogen) atoms. The van der Waals surface area contributed by atoms with Gasteiger partial charge in [-0.3, -0.25) is 9.88 Å². The van der Waals surface area contributed by atoms with Gasteiger partial charge in [0.15, 0.2) is 6.56 Å². The van der Waals surface area contributed by atoms with Crippen LogP contribution in [0.1, 0.15) is 41.5 Å². The maximum atomic E-state index is 2.46. The Morgan fingerprint density at radius 3 is 1.25 bits per heavy atom. The van der Waals surface area contributed by atoms with E-state index in [4.69, 9.17) is 0 Å². The highest BCUT2D eigenvalue weighted by atomic mass is 32.3. The van der Waals surface area contributed by atoms with Gasteiger partial charge in [-0.2, -0.15) is 0 Å². The summed E-state index contributed by atoms with van der Waals surface area (Å²) in [5, 5.41) is 0.478. The zero-order valence-electron chi connectivity index (χ0n) is 10.1. The maximum absolute atomic E-state index is 2.46. The lowest BCUT2D eigenvalue weighted by atomic mass is 9.73. The minimum Gasteiger partial charge on any atom is -0.274 e. The van der Waals surface area contributed by atoms with Gasteiger partial charge in [0.25, 0.3) is 0 Å². The van der Waals surface area contributed by atoms with Crippen molar-refractivity contribution in [3.05, 3.63) is 0 Å². The Morgan fingerprint density at radius 1 is 0.833 bits per heavy atom. The Bertz CT molecular complexity index is 148. The summed E-state index contributed by atoms with van der Waals surface area (Å²) in [5.74, 6) is 0. The highest BCUT2D eigenvalue weighted by molar-refractivity contribution is 8.52. The first-order valence-electron chi connectivity index (χ1n) is 4.66. The first kappa shape index (κ1) is 12.4. The van der Waals surface area contributed by atoms with Crippen LogP contribution in [0.4, 0.5) is 0 Å². The van der Waals surface area contributed by atoms with Crippen molar-refractivity contribution in [2.75, 3.05) is 12.5 Å². The fourth-order valence-corrected chi connectivity index (χ4v) is 3.90. The molecule has 2 heteroatoms. The summed E-state index contributed by atoms with van der Waals surface area (Å²) in [6.45, 7) is 15.5. The summed E-state index contributed by atoms with van der Waals surface area (Å²) in [6.07, 6.45) is 4.91. The van der Waals surface area contributed by atoms with Gasteiger partial charge in [-0.1, -0.05) is 46.9 Å². The average molecular weight is 188 g/mol. The minimum atomic E-state index is -0.455. The highest BCUT2D eigenvalue weighted by Gasteiger charge is 2.32. The molecule has 0 N–H and O–H groups in total. The van der Waals surface area contributed by atoms with Crippen LogP contribution >= 0.6 is 9.88 Å². The molecule has 0 rings (SSSR count). The SMILES string of the molecule is CC(C)(C)BS(C)(C)C(C)(C)C. The summed E-state index contributed by atoms with van der Waals surface area (Å²) in [4.78, 5) is 0. The predicted octanol–water partition coefficient (Wildman–Crippen LogP) is 3.42. The van der Waals surface area contributed by atoms with Crippen molar-refractivity contribution in [3.63, 3.8) is 0 Å². The monoisotopic (exact) mass is 188 g/mol. The Kier molecular flexibility index (Phi) is 3.40. The molecule has 0 radical (unpaired) electrons. The van der Waals surface area contributed by atoms with Gasteiger partial charge in [-0.25, -0.2) is 0 Å². The molecule has 0 aromatic rings. The van der Waals surface area contributed by atoms with Crippen LogP contribution < -0.4 is 0 Å². The zero-order chi connectivity index (χ0) is 10.2. The van der Waals surface area contributed by atoms with Crippen molar-refractivity contribution in [1.82, 2.24) is 0 Å². The largest absolute Gasteiger partial charge is 0.274 e. The summed E-state index contributed by atoms with van der Waals surface area (Å²) in [5.41, 5.74) is 0. The fraction of sp³-hybridized carbons (Fsp3) is 1.00. The number of hydrogen-bond acceptors (Lipinski definition) is 0. The van der Waals surface area contributed by atoms with E-state index in [1.165, 1.54) is 6.56 Å². The molecule has 0 saturated carbocycles. The highest BCUT2D eigenvalue weighted by Crippen LogP contribution is 2.55. The van der Waals surface area contributed by atoms with Crippen molar-refractivity contribution in [2.24, 2.45) is 0 Å². The molecule has 0 saturated heterocycles. The van der Waals surface area contributed by atoms with Crippen LogP contribution in [0.15, 0.2) is 0 Å². The van der Waals surface area contributed by atoms with Gasteiger partial charge in [0.1, 0.15) is 0 Å². The van der Waals surface area contributed by atoms with Crippen molar-refractivity contribution >= 4 is 16.4 Å². The first-order chi connectivity index (χ1) is 4.96. The molecule has 0 atom stereocenters. The summed E-state index contributed by atoms with van der Waals surface area (Å²) < 4.78 is 0.486. The van der Waals surface area contributed by atoms with Crippen LogP contribution in [0, 0.1) is 0 Å². The first-order valence-corrected chi connectivity index (χ1v) is 7.28. The molecule has 0 aliphatic heterocycles. The maximum Gasteiger partial charge on any atom is 0.177 e. The molecule has 0 aromatic heterocycles. The van der Waals surface area contributed by atoms with Crippen LogP contribution in [0.2, 0.25) is 5.31 Å². The second-order valence-electron chi connectivity index (χ2n) is 6.36. The van der Waals surface area contributed by atoms with Gasteiger partial charge in [0.2, 0.25) is 0 Å². The molecule has 0 unspecified atom stereocenters. The predicted molar refractivity (Wildman–Crippen MR) is 66.1 cm³/mol. The van der Waals surface area contributed by atoms with E-state index in [9.17, 15) is 0 Å². The molecular formula is C10H25BS. The Morgan fingerprint density at radius 2 is 1.17 bits per heavy atom. The molecule has 74 valence electrons. The fourth-order valence-electron chi connectivity index (χ4n) is 1.30. The smallest absolute Gasteiger partial charge is 0.177 e. The van der Waals surface area contributed by atoms with Crippen LogP contribution in [-0.2, 0) is 0 Å². The second kappa shape index (κ2) is 3.28. The van der Waals surface area contributed by atoms with E-state index in [1.54, 1.807) is 0 Å². The molecule has 0 amide bonds. The lowest BCUT2D eigenvalue weighted by Gasteiger charge is -2.47. The molecule has 0 fully saturated rings. The lowest BCUT2D eigenvalue weighted by Crippen LogP contribution is -2.31. The Labute approximate surface area is 81.0 Å². The van der Waals surface area contributed by atoms with E-state index in [0.717, 1.165) is 0 Å². The van der Waals surface area contributed by atoms with Gasteiger partial charge in [0.05, 0.1) is 0 Å². The molecule has 0 aliphatic rings. The number of hydrogen-bond donors (Lipinski definition) is 0. The topological polar surface area (TPSA) is 0 Å². The Hall–Kier alpha value is 0.415. The van der Waals surface area contributed by atoms with Gasteiger partial charge in [0, 0.05) is 0 Å². The quantitative estimate of drug-likeness (QED) is 0.553. The molecule has 0 aliphatic carbocycles. The zero-order valence-corrected chi connectivity index (χ0v) is 10.9. The average Bonchev–Trinajstić information content (AvgIpc) is 1.52. The van der Waals surface area contributed by atoms with Crippen molar-refractivity contribution in [3.8, 4) is 0 Å². The van der Waals surface area contributed by atoms with Crippen LogP contribution in [-0.4, -0.2) is 23.8 Å². The van der Waals surface area contributed by atoms with Gasteiger partial charge in [-0.15, -0.1) is 0 Å². The van der Waals surface area contributed by atoms with Crippen molar-refractivity contribution in [1.29, 1.82) is 0 Å². The van der Waals surface area contributed by atoms with Crippen molar-refractivity contribution < 1.29 is 0 Å². The van der Waals surface area contributed by atoms with E-state index in [-0.39, 0.29) is 0 Å². The summed E-state index contributed by atoms with van der Waals surface area (Å²) in [7, 11) is -0.455. The van der Waals surface area contributed by atoms with Gasteiger partial charge in [-0.05, 0) is 17.3 Å². The third-order valence-corrected chi connectivity index (χ3v) is 7.35. The van der Waals surface area contributed by atoms with Crippen LogP contribution in [0.5, 0.6) is 0 Å². The molecule has 0 nitrogen and oxygen atoms in total. The summed E-state index contributed by atoms with van der Waals surface area (Å²) in [6, 6.07) is 0. The van der Waals surface area contributed by atoms with E-state index < -0.39 is 9.88 Å². The molecule has 0 heterocycles. The van der Waals surface area contributed by atoms with Crippen LogP contribution in [0.25, 0.3) is 0 Å². The standard InChI is InChI=1S/C10H25BS/c1-9(2,3)11-12(7,8)10(4,5)6/h11H,1-8H3. The third kappa shape index (κ3) is 3.89. The third-order valence-electron chi connectivity index (χ3n) is 2.45. The van der Waals surface area contributed by atoms with Crippen molar-refractivity contribution in [2.45, 2.75) is 51.6 Å². The lowest BCUT2D eigenvalue weighted by molar-refractivity contribution is 0.756. The molecular weight excluding hydrogens is 163 g/mol. The molecule has 0 aromatic carbocycles.